The average Bonchev–Trinajstić information content (AvgIpc) is 3.11. The van der Waals surface area contributed by atoms with E-state index in [1.165, 1.54) is 11.8 Å². The SMILES string of the molecule is COc1cc(/C=C2/SC(=S)N(c3ccc(N(C)C)cc3)C2=O)cc(Br)c1OCc1ccc(Cl)cc1Cl. The molecule has 0 spiro atoms. The number of methoxy groups -OCH3 is 1. The van der Waals surface area contributed by atoms with Crippen molar-refractivity contribution in [3.05, 3.63) is 85.1 Å². The maximum Gasteiger partial charge on any atom is 0.270 e. The molecule has 5 nitrogen and oxygen atoms in total. The van der Waals surface area contributed by atoms with Crippen molar-refractivity contribution >= 4 is 90.8 Å². The minimum Gasteiger partial charge on any atom is -0.493 e. The molecule has 186 valence electrons. The molecule has 0 radical (unpaired) electrons. The van der Waals surface area contributed by atoms with Crippen LogP contribution >= 0.6 is 63.1 Å². The zero-order valence-electron chi connectivity index (χ0n) is 19.6. The van der Waals surface area contributed by atoms with Crippen LogP contribution in [0.15, 0.2) is 64.0 Å². The Morgan fingerprint density at radius 2 is 1.83 bits per heavy atom. The molecule has 4 rings (SSSR count). The van der Waals surface area contributed by atoms with Crippen LogP contribution in [0.5, 0.6) is 11.5 Å². The Bertz CT molecular complexity index is 1360. The second-order valence-electron chi connectivity index (χ2n) is 7.99. The maximum absolute atomic E-state index is 13.2. The van der Waals surface area contributed by atoms with Crippen molar-refractivity contribution in [1.29, 1.82) is 0 Å². The number of thiocarbonyl (C=S) groups is 1. The highest BCUT2D eigenvalue weighted by Crippen LogP contribution is 2.41. The number of carbonyl (C=O) groups excluding carboxylic acids is 1. The van der Waals surface area contributed by atoms with Gasteiger partial charge >= 0.3 is 0 Å². The van der Waals surface area contributed by atoms with E-state index in [1.54, 1.807) is 30.2 Å². The number of rotatable bonds is 7. The third-order valence-electron chi connectivity index (χ3n) is 5.35. The summed E-state index contributed by atoms with van der Waals surface area (Å²) in [6, 6.07) is 16.6. The summed E-state index contributed by atoms with van der Waals surface area (Å²) >= 11 is 22.6. The molecule has 0 aliphatic carbocycles. The topological polar surface area (TPSA) is 42.0 Å². The average molecular weight is 624 g/mol. The number of hydrogen-bond acceptors (Lipinski definition) is 6. The van der Waals surface area contributed by atoms with Crippen molar-refractivity contribution in [3.63, 3.8) is 0 Å². The van der Waals surface area contributed by atoms with E-state index in [4.69, 9.17) is 44.9 Å². The first-order chi connectivity index (χ1) is 17.2. The van der Waals surface area contributed by atoms with Gasteiger partial charge in [0.25, 0.3) is 5.91 Å². The number of nitrogens with zero attached hydrogens (tertiary/aromatic N) is 2. The number of amides is 1. The molecule has 3 aromatic rings. The highest BCUT2D eigenvalue weighted by atomic mass is 79.9. The van der Waals surface area contributed by atoms with Crippen molar-refractivity contribution in [2.45, 2.75) is 6.61 Å². The van der Waals surface area contributed by atoms with Gasteiger partial charge in [0.05, 0.1) is 22.2 Å². The highest BCUT2D eigenvalue weighted by molar-refractivity contribution is 9.10. The van der Waals surface area contributed by atoms with Crippen LogP contribution in [0.4, 0.5) is 11.4 Å². The third-order valence-corrected chi connectivity index (χ3v) is 7.83. The smallest absolute Gasteiger partial charge is 0.270 e. The minimum absolute atomic E-state index is 0.171. The van der Waals surface area contributed by atoms with E-state index in [9.17, 15) is 4.79 Å². The monoisotopic (exact) mass is 622 g/mol. The van der Waals surface area contributed by atoms with Crippen molar-refractivity contribution in [2.24, 2.45) is 0 Å². The van der Waals surface area contributed by atoms with Crippen LogP contribution in [0.3, 0.4) is 0 Å². The summed E-state index contributed by atoms with van der Waals surface area (Å²) in [6.07, 6.45) is 1.79. The van der Waals surface area contributed by atoms with Gasteiger partial charge in [-0.3, -0.25) is 9.69 Å². The first-order valence-electron chi connectivity index (χ1n) is 10.7. The number of anilines is 2. The van der Waals surface area contributed by atoms with Crippen LogP contribution in [-0.4, -0.2) is 31.4 Å². The van der Waals surface area contributed by atoms with Gasteiger partial charge in [0.2, 0.25) is 0 Å². The molecule has 1 fully saturated rings. The number of halogens is 3. The van der Waals surface area contributed by atoms with E-state index in [-0.39, 0.29) is 12.5 Å². The fraction of sp³-hybridized carbons (Fsp3) is 0.154. The summed E-state index contributed by atoms with van der Waals surface area (Å²) in [5.41, 5.74) is 3.33. The van der Waals surface area contributed by atoms with Crippen LogP contribution in [0.1, 0.15) is 11.1 Å². The molecule has 1 aliphatic heterocycles. The van der Waals surface area contributed by atoms with E-state index in [1.807, 2.05) is 61.5 Å². The second-order valence-corrected chi connectivity index (χ2v) is 11.4. The van der Waals surface area contributed by atoms with Crippen molar-refractivity contribution in [1.82, 2.24) is 0 Å². The molecule has 0 atom stereocenters. The van der Waals surface area contributed by atoms with Gasteiger partial charge < -0.3 is 14.4 Å². The number of thioether (sulfide) groups is 1. The Balaban J connectivity index is 1.56. The predicted octanol–water partition coefficient (Wildman–Crippen LogP) is 7.82. The standard InChI is InChI=1S/C26H21BrCl2N2O3S2/c1-30(2)18-6-8-19(9-7-18)31-25(32)23(36-26(31)35)12-15-10-20(27)24(22(11-15)33-3)34-14-16-4-5-17(28)13-21(16)29/h4-13H,14H2,1-3H3/b23-12+. The molecule has 0 unspecified atom stereocenters. The molecule has 0 N–H and O–H groups in total. The number of ether oxygens (including phenoxy) is 2. The summed E-state index contributed by atoms with van der Waals surface area (Å²) < 4.78 is 12.7. The molecular formula is C26H21BrCl2N2O3S2. The molecule has 1 heterocycles. The van der Waals surface area contributed by atoms with Gasteiger partial charge in [-0.2, -0.15) is 0 Å². The predicted molar refractivity (Wildman–Crippen MR) is 158 cm³/mol. The maximum atomic E-state index is 13.2. The molecule has 1 aliphatic rings. The Labute approximate surface area is 238 Å². The van der Waals surface area contributed by atoms with E-state index >= 15 is 0 Å². The van der Waals surface area contributed by atoms with Crippen molar-refractivity contribution in [2.75, 3.05) is 31.0 Å². The van der Waals surface area contributed by atoms with Crippen LogP contribution in [0.2, 0.25) is 10.0 Å². The van der Waals surface area contributed by atoms with Gasteiger partial charge in [0.15, 0.2) is 15.8 Å². The van der Waals surface area contributed by atoms with Crippen LogP contribution in [0.25, 0.3) is 6.08 Å². The highest BCUT2D eigenvalue weighted by Gasteiger charge is 2.33. The molecule has 1 saturated heterocycles. The number of hydrogen-bond donors (Lipinski definition) is 0. The fourth-order valence-electron chi connectivity index (χ4n) is 3.49. The number of benzene rings is 3. The fourth-order valence-corrected chi connectivity index (χ4v) is 5.83. The number of carbonyl (C=O) groups is 1. The van der Waals surface area contributed by atoms with Gasteiger partial charge in [-0.25, -0.2) is 0 Å². The Hall–Kier alpha value is -2.23. The second kappa shape index (κ2) is 11.4. The van der Waals surface area contributed by atoms with Gasteiger partial charge in [-0.1, -0.05) is 53.2 Å². The minimum atomic E-state index is -0.171. The Morgan fingerprint density at radius 3 is 2.47 bits per heavy atom. The summed E-state index contributed by atoms with van der Waals surface area (Å²) in [6.45, 7) is 0.232. The molecule has 0 bridgehead atoms. The third kappa shape index (κ3) is 5.84. The van der Waals surface area contributed by atoms with Crippen LogP contribution in [-0.2, 0) is 11.4 Å². The largest absolute Gasteiger partial charge is 0.493 e. The van der Waals surface area contributed by atoms with Crippen LogP contribution in [0, 0.1) is 0 Å². The summed E-state index contributed by atoms with van der Waals surface area (Å²) in [4.78, 5) is 17.3. The van der Waals surface area contributed by atoms with E-state index < -0.39 is 0 Å². The van der Waals surface area contributed by atoms with Crippen molar-refractivity contribution < 1.29 is 14.3 Å². The first kappa shape index (κ1) is 26.8. The lowest BCUT2D eigenvalue weighted by atomic mass is 10.1. The van der Waals surface area contributed by atoms with E-state index in [2.05, 4.69) is 15.9 Å². The molecular weight excluding hydrogens is 603 g/mol. The lowest BCUT2D eigenvalue weighted by Crippen LogP contribution is -2.27. The van der Waals surface area contributed by atoms with Gasteiger partial charge in [0, 0.05) is 35.4 Å². The van der Waals surface area contributed by atoms with Gasteiger partial charge in [-0.05, 0) is 76.1 Å². The normalized spacial score (nSPS) is 14.5. The quantitative estimate of drug-likeness (QED) is 0.197. The summed E-state index contributed by atoms with van der Waals surface area (Å²) in [5, 5.41) is 1.08. The molecule has 3 aromatic carbocycles. The molecule has 0 saturated carbocycles. The Morgan fingerprint density at radius 1 is 1.11 bits per heavy atom. The molecule has 1 amide bonds. The van der Waals surface area contributed by atoms with Crippen molar-refractivity contribution in [3.8, 4) is 11.5 Å². The first-order valence-corrected chi connectivity index (χ1v) is 13.4. The van der Waals surface area contributed by atoms with Gasteiger partial charge in [0.1, 0.15) is 6.61 Å². The van der Waals surface area contributed by atoms with Crippen LogP contribution < -0.4 is 19.3 Å². The molecule has 0 aromatic heterocycles. The van der Waals surface area contributed by atoms with E-state index in [0.29, 0.717) is 35.2 Å². The lowest BCUT2D eigenvalue weighted by Gasteiger charge is -2.17. The zero-order valence-corrected chi connectivity index (χ0v) is 24.3. The molecule has 36 heavy (non-hydrogen) atoms. The van der Waals surface area contributed by atoms with E-state index in [0.717, 1.165) is 22.5 Å². The Kier molecular flexibility index (Phi) is 8.52. The lowest BCUT2D eigenvalue weighted by molar-refractivity contribution is -0.113. The molecule has 10 heteroatoms. The summed E-state index contributed by atoms with van der Waals surface area (Å²) in [7, 11) is 5.49. The summed E-state index contributed by atoms with van der Waals surface area (Å²) in [5.74, 6) is 0.861. The zero-order chi connectivity index (χ0) is 26.0. The van der Waals surface area contributed by atoms with Gasteiger partial charge in [-0.15, -0.1) is 0 Å².